The smallest absolute Gasteiger partial charge is 0.118 e. The van der Waals surface area contributed by atoms with Gasteiger partial charge in [0.05, 0.1) is 7.11 Å². The summed E-state index contributed by atoms with van der Waals surface area (Å²) in [5.41, 5.74) is 3.31. The van der Waals surface area contributed by atoms with Gasteiger partial charge in [0, 0.05) is 0 Å². The summed E-state index contributed by atoms with van der Waals surface area (Å²) in [5, 5.41) is 9.35. The van der Waals surface area contributed by atoms with Crippen LogP contribution in [0.25, 0.3) is 11.1 Å². The van der Waals surface area contributed by atoms with Crippen molar-refractivity contribution in [3.63, 3.8) is 0 Å². The maximum Gasteiger partial charge on any atom is 0.118 e. The Hall–Kier alpha value is -1.96. The van der Waals surface area contributed by atoms with E-state index in [0.29, 0.717) is 5.75 Å². The number of hydrogen-bond donors (Lipinski definition) is 1. The van der Waals surface area contributed by atoms with Gasteiger partial charge in [0.25, 0.3) is 0 Å². The Morgan fingerprint density at radius 2 is 1.69 bits per heavy atom. The molecule has 2 aromatic rings. The molecule has 16 heavy (non-hydrogen) atoms. The highest BCUT2D eigenvalue weighted by Gasteiger charge is 2.02. The topological polar surface area (TPSA) is 29.5 Å². The average Bonchev–Trinajstić information content (AvgIpc) is 2.29. The van der Waals surface area contributed by atoms with Crippen LogP contribution in [0.2, 0.25) is 0 Å². The third kappa shape index (κ3) is 2.01. The van der Waals surface area contributed by atoms with Gasteiger partial charge >= 0.3 is 0 Å². The van der Waals surface area contributed by atoms with E-state index in [2.05, 4.69) is 0 Å². The van der Waals surface area contributed by atoms with Crippen molar-refractivity contribution < 1.29 is 9.84 Å². The lowest BCUT2D eigenvalue weighted by Crippen LogP contribution is -1.85. The number of rotatable bonds is 2. The van der Waals surface area contributed by atoms with Crippen LogP contribution in [0.4, 0.5) is 0 Å². The highest BCUT2D eigenvalue weighted by Crippen LogP contribution is 2.27. The van der Waals surface area contributed by atoms with E-state index in [9.17, 15) is 5.11 Å². The van der Waals surface area contributed by atoms with Crippen molar-refractivity contribution in [1.29, 1.82) is 0 Å². The fourth-order valence-electron chi connectivity index (χ4n) is 1.74. The van der Waals surface area contributed by atoms with Gasteiger partial charge in [0.15, 0.2) is 0 Å². The lowest BCUT2D eigenvalue weighted by atomic mass is 10.0. The largest absolute Gasteiger partial charge is 0.508 e. The first-order valence-electron chi connectivity index (χ1n) is 5.15. The molecule has 0 saturated carbocycles. The van der Waals surface area contributed by atoms with Crippen molar-refractivity contribution in [2.75, 3.05) is 7.11 Å². The quantitative estimate of drug-likeness (QED) is 0.830. The third-order valence-electron chi connectivity index (χ3n) is 2.61. The Bertz CT molecular complexity index is 487. The van der Waals surface area contributed by atoms with Crippen LogP contribution in [-0.2, 0) is 0 Å². The van der Waals surface area contributed by atoms with Gasteiger partial charge < -0.3 is 9.84 Å². The van der Waals surface area contributed by atoms with E-state index in [1.165, 1.54) is 0 Å². The molecular formula is C14H14O2. The predicted octanol–water partition coefficient (Wildman–Crippen LogP) is 3.38. The molecule has 2 aromatic carbocycles. The van der Waals surface area contributed by atoms with Gasteiger partial charge in [0.2, 0.25) is 0 Å². The van der Waals surface area contributed by atoms with Crippen LogP contribution >= 0.6 is 0 Å². The molecule has 0 fully saturated rings. The molecular weight excluding hydrogens is 200 g/mol. The third-order valence-corrected chi connectivity index (χ3v) is 2.61. The summed E-state index contributed by atoms with van der Waals surface area (Å²) in [4.78, 5) is 0. The van der Waals surface area contributed by atoms with Gasteiger partial charge in [-0.1, -0.05) is 18.2 Å². The molecule has 0 radical (unpaired) electrons. The van der Waals surface area contributed by atoms with E-state index < -0.39 is 0 Å². The molecule has 0 heterocycles. The Morgan fingerprint density at radius 1 is 1.00 bits per heavy atom. The molecule has 0 aliphatic rings. The highest BCUT2D eigenvalue weighted by molar-refractivity contribution is 5.68. The van der Waals surface area contributed by atoms with Crippen LogP contribution in [0, 0.1) is 6.92 Å². The number of ether oxygens (including phenoxy) is 1. The number of aryl methyl sites for hydroxylation is 1. The summed E-state index contributed by atoms with van der Waals surface area (Å²) in [5.74, 6) is 1.15. The monoisotopic (exact) mass is 214 g/mol. The fourth-order valence-corrected chi connectivity index (χ4v) is 1.74. The van der Waals surface area contributed by atoms with Crippen LogP contribution in [0.3, 0.4) is 0 Å². The minimum absolute atomic E-state index is 0.301. The van der Waals surface area contributed by atoms with Crippen molar-refractivity contribution in [3.05, 3.63) is 48.0 Å². The molecule has 0 aliphatic heterocycles. The summed E-state index contributed by atoms with van der Waals surface area (Å²) < 4.78 is 5.11. The second-order valence-electron chi connectivity index (χ2n) is 3.73. The molecule has 2 nitrogen and oxygen atoms in total. The summed E-state index contributed by atoms with van der Waals surface area (Å²) >= 11 is 0. The zero-order valence-electron chi connectivity index (χ0n) is 9.40. The minimum atomic E-state index is 0.301. The van der Waals surface area contributed by atoms with E-state index in [0.717, 1.165) is 22.4 Å². The molecule has 1 N–H and O–H groups in total. The predicted molar refractivity (Wildman–Crippen MR) is 64.8 cm³/mol. The number of benzene rings is 2. The molecule has 2 heteroatoms. The molecule has 0 amide bonds. The molecule has 0 saturated heterocycles. The summed E-state index contributed by atoms with van der Waals surface area (Å²) in [6.07, 6.45) is 0. The lowest BCUT2D eigenvalue weighted by molar-refractivity contribution is 0.415. The molecule has 2 rings (SSSR count). The Morgan fingerprint density at radius 3 is 2.25 bits per heavy atom. The molecule has 0 unspecified atom stereocenters. The first kappa shape index (κ1) is 10.6. The fraction of sp³-hybridized carbons (Fsp3) is 0.143. The van der Waals surface area contributed by atoms with E-state index in [1.54, 1.807) is 19.2 Å². The SMILES string of the molecule is COc1ccc(-c2ccc(O)cc2C)cc1. The summed E-state index contributed by atoms with van der Waals surface area (Å²) in [6, 6.07) is 13.3. The molecule has 0 atom stereocenters. The van der Waals surface area contributed by atoms with Crippen molar-refractivity contribution in [1.82, 2.24) is 0 Å². The van der Waals surface area contributed by atoms with Crippen LogP contribution in [0.1, 0.15) is 5.56 Å². The second-order valence-corrected chi connectivity index (χ2v) is 3.73. The van der Waals surface area contributed by atoms with Gasteiger partial charge in [-0.25, -0.2) is 0 Å². The van der Waals surface area contributed by atoms with Gasteiger partial charge in [-0.05, 0) is 47.9 Å². The van der Waals surface area contributed by atoms with Crippen LogP contribution in [-0.4, -0.2) is 12.2 Å². The molecule has 0 aliphatic carbocycles. The van der Waals surface area contributed by atoms with Crippen molar-refractivity contribution in [3.8, 4) is 22.6 Å². The minimum Gasteiger partial charge on any atom is -0.508 e. The molecule has 82 valence electrons. The first-order valence-corrected chi connectivity index (χ1v) is 5.15. The number of hydrogen-bond acceptors (Lipinski definition) is 2. The zero-order valence-corrected chi connectivity index (χ0v) is 9.40. The molecule has 0 aromatic heterocycles. The van der Waals surface area contributed by atoms with Crippen LogP contribution in [0.5, 0.6) is 11.5 Å². The van der Waals surface area contributed by atoms with Crippen LogP contribution < -0.4 is 4.74 Å². The lowest BCUT2D eigenvalue weighted by Gasteiger charge is -2.07. The van der Waals surface area contributed by atoms with Gasteiger partial charge in [-0.15, -0.1) is 0 Å². The van der Waals surface area contributed by atoms with Crippen LogP contribution in [0.15, 0.2) is 42.5 Å². The summed E-state index contributed by atoms with van der Waals surface area (Å²) in [7, 11) is 1.65. The Kier molecular flexibility index (Phi) is 2.82. The van der Waals surface area contributed by atoms with E-state index in [1.807, 2.05) is 37.3 Å². The van der Waals surface area contributed by atoms with E-state index in [4.69, 9.17) is 4.74 Å². The van der Waals surface area contributed by atoms with Crippen molar-refractivity contribution in [2.45, 2.75) is 6.92 Å². The number of methoxy groups -OCH3 is 1. The number of phenols is 1. The van der Waals surface area contributed by atoms with E-state index >= 15 is 0 Å². The molecule has 0 bridgehead atoms. The normalized spacial score (nSPS) is 10.1. The highest BCUT2D eigenvalue weighted by atomic mass is 16.5. The maximum absolute atomic E-state index is 9.35. The summed E-state index contributed by atoms with van der Waals surface area (Å²) in [6.45, 7) is 1.99. The zero-order chi connectivity index (χ0) is 11.5. The first-order chi connectivity index (χ1) is 7.70. The van der Waals surface area contributed by atoms with Crippen molar-refractivity contribution in [2.24, 2.45) is 0 Å². The number of aromatic hydroxyl groups is 1. The Balaban J connectivity index is 2.42. The van der Waals surface area contributed by atoms with Gasteiger partial charge in [-0.2, -0.15) is 0 Å². The van der Waals surface area contributed by atoms with Gasteiger partial charge in [-0.3, -0.25) is 0 Å². The van der Waals surface area contributed by atoms with E-state index in [-0.39, 0.29) is 0 Å². The number of phenolic OH excluding ortho intramolecular Hbond substituents is 1. The maximum atomic E-state index is 9.35. The standard InChI is InChI=1S/C14H14O2/c1-10-9-12(15)5-8-14(10)11-3-6-13(16-2)7-4-11/h3-9,15H,1-2H3. The molecule has 0 spiro atoms. The Labute approximate surface area is 95.1 Å². The van der Waals surface area contributed by atoms with Crippen molar-refractivity contribution >= 4 is 0 Å². The van der Waals surface area contributed by atoms with Gasteiger partial charge in [0.1, 0.15) is 11.5 Å². The second kappa shape index (κ2) is 4.27. The average molecular weight is 214 g/mol.